The van der Waals surface area contributed by atoms with E-state index in [1.165, 1.54) is 0 Å². The van der Waals surface area contributed by atoms with Crippen molar-refractivity contribution in [2.75, 3.05) is 0 Å². The molecule has 0 aliphatic heterocycles. The van der Waals surface area contributed by atoms with E-state index in [1.54, 1.807) is 24.8 Å². The molecule has 0 saturated heterocycles. The van der Waals surface area contributed by atoms with E-state index in [2.05, 4.69) is 33.8 Å². The zero-order valence-electron chi connectivity index (χ0n) is 11.6. The number of rotatable bonds is 4. The molecule has 3 aromatic heterocycles. The SMILES string of the molecule is CCc1nccn1-c1nccnc1-n1ccnc1CC. The third kappa shape index (κ3) is 1.99. The first-order chi connectivity index (χ1) is 9.85. The van der Waals surface area contributed by atoms with E-state index in [-0.39, 0.29) is 0 Å². The molecule has 0 aromatic carbocycles. The van der Waals surface area contributed by atoms with Crippen LogP contribution in [0.15, 0.2) is 37.2 Å². The van der Waals surface area contributed by atoms with E-state index in [0.29, 0.717) is 0 Å². The lowest BCUT2D eigenvalue weighted by atomic mass is 10.4. The molecule has 6 nitrogen and oxygen atoms in total. The molecule has 20 heavy (non-hydrogen) atoms. The van der Waals surface area contributed by atoms with Crippen LogP contribution >= 0.6 is 0 Å². The highest BCUT2D eigenvalue weighted by atomic mass is 15.2. The fraction of sp³-hybridized carbons (Fsp3) is 0.286. The minimum absolute atomic E-state index is 0.773. The summed E-state index contributed by atoms with van der Waals surface area (Å²) in [5, 5.41) is 0. The van der Waals surface area contributed by atoms with E-state index in [1.807, 2.05) is 21.5 Å². The number of hydrogen-bond acceptors (Lipinski definition) is 4. The van der Waals surface area contributed by atoms with Crippen molar-refractivity contribution in [2.45, 2.75) is 26.7 Å². The molecule has 0 aliphatic carbocycles. The van der Waals surface area contributed by atoms with Gasteiger partial charge in [-0.1, -0.05) is 13.8 Å². The van der Waals surface area contributed by atoms with E-state index < -0.39 is 0 Å². The monoisotopic (exact) mass is 268 g/mol. The molecule has 3 aromatic rings. The van der Waals surface area contributed by atoms with Crippen molar-refractivity contribution in [3.05, 3.63) is 48.8 Å². The third-order valence-electron chi connectivity index (χ3n) is 3.18. The highest BCUT2D eigenvalue weighted by molar-refractivity contribution is 5.42. The predicted molar refractivity (Wildman–Crippen MR) is 75.0 cm³/mol. The topological polar surface area (TPSA) is 61.4 Å². The first-order valence-corrected chi connectivity index (χ1v) is 6.71. The summed E-state index contributed by atoms with van der Waals surface area (Å²) < 4.78 is 3.95. The Bertz CT molecular complexity index is 651. The van der Waals surface area contributed by atoms with Gasteiger partial charge in [0.2, 0.25) is 0 Å². The van der Waals surface area contributed by atoms with Crippen LogP contribution < -0.4 is 0 Å². The molecular formula is C14H16N6. The number of nitrogens with zero attached hydrogens (tertiary/aromatic N) is 6. The van der Waals surface area contributed by atoms with Crippen molar-refractivity contribution in [1.29, 1.82) is 0 Å². The smallest absolute Gasteiger partial charge is 0.182 e. The second-order valence-electron chi connectivity index (χ2n) is 4.34. The summed E-state index contributed by atoms with van der Waals surface area (Å²) in [6.07, 6.45) is 12.5. The number of aromatic nitrogens is 6. The molecule has 0 amide bonds. The van der Waals surface area contributed by atoms with Gasteiger partial charge in [0.1, 0.15) is 11.6 Å². The normalized spacial score (nSPS) is 10.9. The maximum absolute atomic E-state index is 4.47. The van der Waals surface area contributed by atoms with Gasteiger partial charge in [0.05, 0.1) is 0 Å². The van der Waals surface area contributed by atoms with E-state index in [0.717, 1.165) is 36.1 Å². The molecule has 0 fully saturated rings. The fourth-order valence-electron chi connectivity index (χ4n) is 2.24. The van der Waals surface area contributed by atoms with Crippen LogP contribution in [0, 0.1) is 0 Å². The van der Waals surface area contributed by atoms with Crippen LogP contribution in [-0.4, -0.2) is 29.1 Å². The Kier molecular flexibility index (Phi) is 3.28. The van der Waals surface area contributed by atoms with Crippen molar-refractivity contribution in [3.63, 3.8) is 0 Å². The van der Waals surface area contributed by atoms with Gasteiger partial charge in [-0.3, -0.25) is 9.13 Å². The van der Waals surface area contributed by atoms with Crippen LogP contribution in [0.1, 0.15) is 25.5 Å². The lowest BCUT2D eigenvalue weighted by Gasteiger charge is -2.12. The minimum atomic E-state index is 0.773. The molecule has 0 N–H and O–H groups in total. The number of hydrogen-bond donors (Lipinski definition) is 0. The predicted octanol–water partition coefficient (Wildman–Crippen LogP) is 1.97. The molecule has 6 heteroatoms. The molecule has 0 spiro atoms. The molecule has 0 saturated carbocycles. The molecule has 0 unspecified atom stereocenters. The summed E-state index contributed by atoms with van der Waals surface area (Å²) in [5.41, 5.74) is 0. The first-order valence-electron chi connectivity index (χ1n) is 6.71. The van der Waals surface area contributed by atoms with Gasteiger partial charge >= 0.3 is 0 Å². The summed E-state index contributed by atoms with van der Waals surface area (Å²) in [7, 11) is 0. The van der Waals surface area contributed by atoms with Gasteiger partial charge in [0, 0.05) is 50.0 Å². The van der Waals surface area contributed by atoms with Crippen LogP contribution in [0.25, 0.3) is 11.6 Å². The van der Waals surface area contributed by atoms with Gasteiger partial charge < -0.3 is 0 Å². The molecule has 3 heterocycles. The Labute approximate surface area is 117 Å². The Morgan fingerprint density at radius 3 is 1.55 bits per heavy atom. The van der Waals surface area contributed by atoms with Crippen molar-refractivity contribution in [3.8, 4) is 11.6 Å². The quantitative estimate of drug-likeness (QED) is 0.726. The third-order valence-corrected chi connectivity index (χ3v) is 3.18. The number of imidazole rings is 2. The van der Waals surface area contributed by atoms with Crippen molar-refractivity contribution in [2.24, 2.45) is 0 Å². The average Bonchev–Trinajstić information content (AvgIpc) is 3.15. The van der Waals surface area contributed by atoms with Crippen molar-refractivity contribution < 1.29 is 0 Å². The van der Waals surface area contributed by atoms with Crippen LogP contribution in [0.3, 0.4) is 0 Å². The van der Waals surface area contributed by atoms with E-state index >= 15 is 0 Å². The summed E-state index contributed by atoms with van der Waals surface area (Å²) in [4.78, 5) is 17.6. The second kappa shape index (κ2) is 5.24. The summed E-state index contributed by atoms with van der Waals surface area (Å²) in [6.45, 7) is 4.15. The van der Waals surface area contributed by atoms with Gasteiger partial charge in [-0.15, -0.1) is 0 Å². The summed E-state index contributed by atoms with van der Waals surface area (Å²) in [6, 6.07) is 0. The molecule has 3 rings (SSSR count). The van der Waals surface area contributed by atoms with Gasteiger partial charge in [-0.05, 0) is 0 Å². The maximum Gasteiger partial charge on any atom is 0.182 e. The largest absolute Gasteiger partial charge is 0.285 e. The van der Waals surface area contributed by atoms with Gasteiger partial charge in [-0.2, -0.15) is 0 Å². The maximum atomic E-state index is 4.47. The zero-order chi connectivity index (χ0) is 13.9. The van der Waals surface area contributed by atoms with Crippen LogP contribution in [0.4, 0.5) is 0 Å². The van der Waals surface area contributed by atoms with Gasteiger partial charge in [0.15, 0.2) is 11.6 Å². The molecule has 0 aliphatic rings. The van der Waals surface area contributed by atoms with Crippen LogP contribution in [-0.2, 0) is 12.8 Å². The highest BCUT2D eigenvalue weighted by Crippen LogP contribution is 2.17. The summed E-state index contributed by atoms with van der Waals surface area (Å²) >= 11 is 0. The molecular weight excluding hydrogens is 252 g/mol. The van der Waals surface area contributed by atoms with E-state index in [4.69, 9.17) is 0 Å². The van der Waals surface area contributed by atoms with Crippen molar-refractivity contribution >= 4 is 0 Å². The van der Waals surface area contributed by atoms with Crippen molar-refractivity contribution in [1.82, 2.24) is 29.1 Å². The Morgan fingerprint density at radius 1 is 0.700 bits per heavy atom. The fourth-order valence-corrected chi connectivity index (χ4v) is 2.24. The van der Waals surface area contributed by atoms with Gasteiger partial charge in [-0.25, -0.2) is 19.9 Å². The van der Waals surface area contributed by atoms with Crippen LogP contribution in [0.5, 0.6) is 0 Å². The molecule has 0 atom stereocenters. The highest BCUT2D eigenvalue weighted by Gasteiger charge is 2.14. The summed E-state index contributed by atoms with van der Waals surface area (Å²) in [5.74, 6) is 3.47. The molecule has 102 valence electrons. The number of aryl methyl sites for hydroxylation is 2. The second-order valence-corrected chi connectivity index (χ2v) is 4.34. The van der Waals surface area contributed by atoms with Crippen LogP contribution in [0.2, 0.25) is 0 Å². The zero-order valence-corrected chi connectivity index (χ0v) is 11.6. The lowest BCUT2D eigenvalue weighted by molar-refractivity contribution is 0.810. The average molecular weight is 268 g/mol. The Hall–Kier alpha value is -2.50. The van der Waals surface area contributed by atoms with Gasteiger partial charge in [0.25, 0.3) is 0 Å². The van der Waals surface area contributed by atoms with E-state index in [9.17, 15) is 0 Å². The first kappa shape index (κ1) is 12.5. The minimum Gasteiger partial charge on any atom is -0.285 e. The lowest BCUT2D eigenvalue weighted by Crippen LogP contribution is -2.10. The Morgan fingerprint density at radius 2 is 1.15 bits per heavy atom. The molecule has 0 radical (unpaired) electrons. The Balaban J connectivity index is 2.19. The molecule has 0 bridgehead atoms. The standard InChI is InChI=1S/C14H16N6/c1-3-11-15-7-9-19(11)13-14(18-6-5-17-13)20-10-8-16-12(20)4-2/h5-10H,3-4H2,1-2H3.